The van der Waals surface area contributed by atoms with Crippen LogP contribution < -0.4 is 0 Å². The van der Waals surface area contributed by atoms with E-state index in [1.165, 1.54) is 4.90 Å². The van der Waals surface area contributed by atoms with Crippen LogP contribution in [0.5, 0.6) is 0 Å². The van der Waals surface area contributed by atoms with E-state index in [0.717, 1.165) is 22.0 Å². The molecule has 118 valence electrons. The van der Waals surface area contributed by atoms with Crippen LogP contribution in [0.3, 0.4) is 0 Å². The minimum absolute atomic E-state index is 0.193. The summed E-state index contributed by atoms with van der Waals surface area (Å²) in [5, 5.41) is 10.4. The lowest BCUT2D eigenvalue weighted by Crippen LogP contribution is -2.36. The molecule has 0 fully saturated rings. The van der Waals surface area contributed by atoms with Crippen LogP contribution >= 0.6 is 15.9 Å². The molecule has 0 aliphatic heterocycles. The van der Waals surface area contributed by atoms with E-state index in [2.05, 4.69) is 15.9 Å². The number of nitrogens with zero attached hydrogens (tertiary/aromatic N) is 1. The highest BCUT2D eigenvalue weighted by molar-refractivity contribution is 9.10. The van der Waals surface area contributed by atoms with Gasteiger partial charge in [0.05, 0.1) is 12.6 Å². The number of carbonyl (C=O) groups excluding carboxylic acids is 1. The van der Waals surface area contributed by atoms with Gasteiger partial charge in [0.2, 0.25) is 0 Å². The summed E-state index contributed by atoms with van der Waals surface area (Å²) < 4.78 is 6.26. The van der Waals surface area contributed by atoms with Gasteiger partial charge >= 0.3 is 6.09 Å². The average molecular weight is 358 g/mol. The van der Waals surface area contributed by atoms with Gasteiger partial charge in [-0.25, -0.2) is 4.79 Å². The van der Waals surface area contributed by atoms with Crippen molar-refractivity contribution >= 4 is 22.0 Å². The summed E-state index contributed by atoms with van der Waals surface area (Å²) in [5.41, 5.74) is 1.35. The number of hydrogen-bond donors (Lipinski definition) is 1. The van der Waals surface area contributed by atoms with E-state index in [1.807, 2.05) is 45.9 Å². The fraction of sp³-hybridized carbons (Fsp3) is 0.562. The Balaban J connectivity index is 2.79. The molecule has 0 bridgehead atoms. The molecule has 0 saturated carbocycles. The van der Waals surface area contributed by atoms with E-state index in [-0.39, 0.29) is 6.54 Å². The van der Waals surface area contributed by atoms with Gasteiger partial charge in [0.25, 0.3) is 0 Å². The minimum atomic E-state index is -0.741. The van der Waals surface area contributed by atoms with Crippen LogP contribution in [0.4, 0.5) is 4.79 Å². The zero-order valence-corrected chi connectivity index (χ0v) is 14.9. The standard InChI is InChI=1S/C16H24BrNO3/c1-6-11-12(8-7-9-13(11)17)14(19)10-18(5)15(20)21-16(2,3)4/h7-9,14,19H,6,10H2,1-5H3. The molecule has 1 N–H and O–H groups in total. The molecular formula is C16H24BrNO3. The topological polar surface area (TPSA) is 49.8 Å². The quantitative estimate of drug-likeness (QED) is 0.888. The molecule has 1 aromatic carbocycles. The van der Waals surface area contributed by atoms with E-state index in [4.69, 9.17) is 4.74 Å². The SMILES string of the molecule is CCc1c(Br)cccc1C(O)CN(C)C(=O)OC(C)(C)C. The van der Waals surface area contributed by atoms with E-state index in [0.29, 0.717) is 0 Å². The molecule has 1 aromatic rings. The second-order valence-electron chi connectivity index (χ2n) is 6.04. The molecule has 1 amide bonds. The molecule has 1 atom stereocenters. The third-order valence-electron chi connectivity index (χ3n) is 3.02. The van der Waals surface area contributed by atoms with E-state index in [9.17, 15) is 9.90 Å². The van der Waals surface area contributed by atoms with Crippen LogP contribution in [0.2, 0.25) is 0 Å². The molecule has 5 heteroatoms. The maximum Gasteiger partial charge on any atom is 0.410 e. The van der Waals surface area contributed by atoms with E-state index >= 15 is 0 Å². The molecule has 0 aromatic heterocycles. The number of carbonyl (C=O) groups is 1. The summed E-state index contributed by atoms with van der Waals surface area (Å²) in [6, 6.07) is 5.72. The fourth-order valence-corrected chi connectivity index (χ4v) is 2.69. The van der Waals surface area contributed by atoms with Gasteiger partial charge in [0, 0.05) is 11.5 Å². The number of aliphatic hydroxyl groups excluding tert-OH is 1. The first-order chi connectivity index (χ1) is 9.65. The lowest BCUT2D eigenvalue weighted by atomic mass is 10.0. The van der Waals surface area contributed by atoms with Crippen LogP contribution in [0.1, 0.15) is 44.9 Å². The summed E-state index contributed by atoms with van der Waals surface area (Å²) in [7, 11) is 1.63. The van der Waals surface area contributed by atoms with Crippen LogP contribution in [0, 0.1) is 0 Å². The molecule has 1 unspecified atom stereocenters. The van der Waals surface area contributed by atoms with Crippen LogP contribution in [0.15, 0.2) is 22.7 Å². The van der Waals surface area contributed by atoms with Gasteiger partial charge in [-0.1, -0.05) is 35.0 Å². The van der Waals surface area contributed by atoms with Gasteiger partial charge in [0.15, 0.2) is 0 Å². The molecular weight excluding hydrogens is 334 g/mol. The van der Waals surface area contributed by atoms with Crippen LogP contribution in [-0.2, 0) is 11.2 Å². The third kappa shape index (κ3) is 5.32. The first kappa shape index (κ1) is 18.0. The molecule has 4 nitrogen and oxygen atoms in total. The van der Waals surface area contributed by atoms with Gasteiger partial charge in [0.1, 0.15) is 5.60 Å². The second kappa shape index (κ2) is 7.27. The number of aliphatic hydroxyl groups is 1. The fourth-order valence-electron chi connectivity index (χ4n) is 2.03. The van der Waals surface area contributed by atoms with Crippen LogP contribution in [0.25, 0.3) is 0 Å². The van der Waals surface area contributed by atoms with Gasteiger partial charge in [-0.05, 0) is 44.4 Å². The maximum absolute atomic E-state index is 11.9. The predicted molar refractivity (Wildman–Crippen MR) is 87.3 cm³/mol. The van der Waals surface area contributed by atoms with E-state index in [1.54, 1.807) is 7.05 Å². The first-order valence-electron chi connectivity index (χ1n) is 7.05. The molecule has 0 saturated heterocycles. The van der Waals surface area contributed by atoms with Crippen molar-refractivity contribution in [1.29, 1.82) is 0 Å². The van der Waals surface area contributed by atoms with Crippen molar-refractivity contribution in [2.24, 2.45) is 0 Å². The first-order valence-corrected chi connectivity index (χ1v) is 7.84. The third-order valence-corrected chi connectivity index (χ3v) is 3.76. The summed E-state index contributed by atoms with van der Waals surface area (Å²) >= 11 is 3.49. The number of rotatable bonds is 4. The number of hydrogen-bond acceptors (Lipinski definition) is 3. The molecule has 21 heavy (non-hydrogen) atoms. The largest absolute Gasteiger partial charge is 0.444 e. The second-order valence-corrected chi connectivity index (χ2v) is 6.89. The van der Waals surface area contributed by atoms with Crippen molar-refractivity contribution in [3.05, 3.63) is 33.8 Å². The Kier molecular flexibility index (Phi) is 6.23. The Labute approximate surface area is 135 Å². The Hall–Kier alpha value is -1.07. The van der Waals surface area contributed by atoms with Crippen molar-refractivity contribution in [2.75, 3.05) is 13.6 Å². The summed E-state index contributed by atoms with van der Waals surface area (Å²) in [6.45, 7) is 7.68. The Morgan fingerprint density at radius 2 is 2.05 bits per heavy atom. The molecule has 0 radical (unpaired) electrons. The van der Waals surface area contributed by atoms with Crippen molar-refractivity contribution < 1.29 is 14.6 Å². The van der Waals surface area contributed by atoms with Crippen molar-refractivity contribution in [1.82, 2.24) is 4.90 Å². The summed E-state index contributed by atoms with van der Waals surface area (Å²) in [4.78, 5) is 13.3. The molecule has 0 aliphatic rings. The van der Waals surface area contributed by atoms with Crippen molar-refractivity contribution in [3.8, 4) is 0 Å². The number of benzene rings is 1. The lowest BCUT2D eigenvalue weighted by Gasteiger charge is -2.26. The molecule has 0 aliphatic carbocycles. The highest BCUT2D eigenvalue weighted by atomic mass is 79.9. The monoisotopic (exact) mass is 357 g/mol. The minimum Gasteiger partial charge on any atom is -0.444 e. The highest BCUT2D eigenvalue weighted by Gasteiger charge is 2.23. The van der Waals surface area contributed by atoms with Crippen molar-refractivity contribution in [3.63, 3.8) is 0 Å². The Bertz CT molecular complexity index is 497. The molecule has 0 spiro atoms. The maximum atomic E-state index is 11.9. The molecule has 0 heterocycles. The Morgan fingerprint density at radius 3 is 2.57 bits per heavy atom. The smallest absolute Gasteiger partial charge is 0.410 e. The van der Waals surface area contributed by atoms with Crippen molar-refractivity contribution in [2.45, 2.75) is 45.8 Å². The predicted octanol–water partition coefficient (Wildman–Crippen LogP) is 3.91. The number of likely N-dealkylation sites (N-methyl/N-ethyl adjacent to an activating group) is 1. The zero-order valence-electron chi connectivity index (χ0n) is 13.3. The average Bonchev–Trinajstić information content (AvgIpc) is 2.36. The van der Waals surface area contributed by atoms with Gasteiger partial charge in [-0.15, -0.1) is 0 Å². The number of ether oxygens (including phenoxy) is 1. The van der Waals surface area contributed by atoms with Gasteiger partial charge in [-0.3, -0.25) is 0 Å². The number of halogens is 1. The molecule has 1 rings (SSSR count). The zero-order chi connectivity index (χ0) is 16.2. The summed E-state index contributed by atoms with van der Waals surface area (Å²) in [5.74, 6) is 0. The highest BCUT2D eigenvalue weighted by Crippen LogP contribution is 2.26. The van der Waals surface area contributed by atoms with Gasteiger partial charge in [-0.2, -0.15) is 0 Å². The Morgan fingerprint density at radius 1 is 1.43 bits per heavy atom. The van der Waals surface area contributed by atoms with Gasteiger partial charge < -0.3 is 14.7 Å². The lowest BCUT2D eigenvalue weighted by molar-refractivity contribution is 0.0204. The normalized spacial score (nSPS) is 12.9. The number of amides is 1. The van der Waals surface area contributed by atoms with E-state index < -0.39 is 17.8 Å². The summed E-state index contributed by atoms with van der Waals surface area (Å²) in [6.07, 6.45) is -0.367. The van der Waals surface area contributed by atoms with Crippen LogP contribution in [-0.4, -0.2) is 35.3 Å².